The van der Waals surface area contributed by atoms with Crippen molar-refractivity contribution in [1.82, 2.24) is 19.9 Å². The SMILES string of the molecule is OCc1ccccc1Oc1nc(Cl)nc2nc[nH]c12. The van der Waals surface area contributed by atoms with Crippen LogP contribution in [-0.2, 0) is 6.61 Å². The number of H-pyrrole nitrogens is 1. The van der Waals surface area contributed by atoms with Crippen LogP contribution in [0.2, 0.25) is 5.28 Å². The average molecular weight is 277 g/mol. The Morgan fingerprint density at radius 3 is 2.95 bits per heavy atom. The van der Waals surface area contributed by atoms with Crippen molar-refractivity contribution >= 4 is 22.8 Å². The summed E-state index contributed by atoms with van der Waals surface area (Å²) in [7, 11) is 0. The summed E-state index contributed by atoms with van der Waals surface area (Å²) >= 11 is 5.82. The molecule has 0 aliphatic heterocycles. The maximum atomic E-state index is 9.27. The first-order chi connectivity index (χ1) is 9.28. The number of imidazole rings is 1. The Bertz CT molecular complexity index is 729. The van der Waals surface area contributed by atoms with Gasteiger partial charge in [-0.05, 0) is 17.7 Å². The standard InChI is InChI=1S/C12H9ClN4O2/c13-12-16-10-9(14-6-15-10)11(17-12)19-8-4-2-1-3-7(8)5-18/h1-4,6,18H,5H2,(H,14,15,16,17). The van der Waals surface area contributed by atoms with Gasteiger partial charge in [0, 0.05) is 5.56 Å². The van der Waals surface area contributed by atoms with Crippen molar-refractivity contribution in [3.63, 3.8) is 0 Å². The number of fused-ring (bicyclic) bond motifs is 1. The molecule has 0 atom stereocenters. The molecule has 0 spiro atoms. The number of benzene rings is 1. The number of hydrogen-bond donors (Lipinski definition) is 2. The maximum Gasteiger partial charge on any atom is 0.250 e. The second kappa shape index (κ2) is 4.83. The molecule has 0 radical (unpaired) electrons. The molecule has 1 aromatic carbocycles. The second-order valence-electron chi connectivity index (χ2n) is 3.77. The van der Waals surface area contributed by atoms with Gasteiger partial charge in [0.2, 0.25) is 11.2 Å². The number of nitrogens with zero attached hydrogens (tertiary/aromatic N) is 3. The molecule has 6 nitrogen and oxygen atoms in total. The number of halogens is 1. The highest BCUT2D eigenvalue weighted by molar-refractivity contribution is 6.28. The summed E-state index contributed by atoms with van der Waals surface area (Å²) in [6.07, 6.45) is 1.49. The van der Waals surface area contributed by atoms with E-state index in [9.17, 15) is 5.11 Å². The first-order valence-electron chi connectivity index (χ1n) is 5.51. The molecule has 3 aromatic rings. The van der Waals surface area contributed by atoms with E-state index in [1.165, 1.54) is 6.33 Å². The molecule has 0 aliphatic rings. The van der Waals surface area contributed by atoms with Crippen LogP contribution in [-0.4, -0.2) is 25.0 Å². The fourth-order valence-electron chi connectivity index (χ4n) is 1.69. The molecule has 3 rings (SSSR count). The third-order valence-corrected chi connectivity index (χ3v) is 2.74. The minimum atomic E-state index is -0.124. The van der Waals surface area contributed by atoms with Gasteiger partial charge >= 0.3 is 0 Å². The van der Waals surface area contributed by atoms with Crippen LogP contribution in [0.25, 0.3) is 11.2 Å². The fourth-order valence-corrected chi connectivity index (χ4v) is 1.85. The lowest BCUT2D eigenvalue weighted by Crippen LogP contribution is -1.95. The van der Waals surface area contributed by atoms with Crippen LogP contribution in [0.4, 0.5) is 0 Å². The molecule has 2 aromatic heterocycles. The van der Waals surface area contributed by atoms with Crippen molar-refractivity contribution in [1.29, 1.82) is 0 Å². The summed E-state index contributed by atoms with van der Waals surface area (Å²) in [6.45, 7) is -0.124. The van der Waals surface area contributed by atoms with E-state index in [1.54, 1.807) is 18.2 Å². The number of aliphatic hydroxyl groups excluding tert-OH is 1. The Hall–Kier alpha value is -2.18. The summed E-state index contributed by atoms with van der Waals surface area (Å²) in [6, 6.07) is 7.13. The third-order valence-electron chi connectivity index (χ3n) is 2.57. The van der Waals surface area contributed by atoms with Crippen molar-refractivity contribution in [2.24, 2.45) is 0 Å². The van der Waals surface area contributed by atoms with Crippen LogP contribution in [0.5, 0.6) is 11.6 Å². The van der Waals surface area contributed by atoms with E-state index in [1.807, 2.05) is 6.07 Å². The summed E-state index contributed by atoms with van der Waals surface area (Å²) in [5.41, 5.74) is 1.64. The molecular formula is C12H9ClN4O2. The van der Waals surface area contributed by atoms with Gasteiger partial charge in [0.05, 0.1) is 12.9 Å². The normalized spacial score (nSPS) is 10.8. The Kier molecular flexibility index (Phi) is 3.02. The van der Waals surface area contributed by atoms with E-state index in [2.05, 4.69) is 19.9 Å². The van der Waals surface area contributed by atoms with Gasteiger partial charge < -0.3 is 14.8 Å². The molecule has 0 saturated heterocycles. The predicted molar refractivity (Wildman–Crippen MR) is 69.1 cm³/mol. The number of aliphatic hydroxyl groups is 1. The van der Waals surface area contributed by atoms with E-state index in [0.717, 1.165) is 0 Å². The number of para-hydroxylation sites is 1. The highest BCUT2D eigenvalue weighted by atomic mass is 35.5. The van der Waals surface area contributed by atoms with E-state index in [4.69, 9.17) is 16.3 Å². The van der Waals surface area contributed by atoms with Crippen LogP contribution in [0.3, 0.4) is 0 Å². The highest BCUT2D eigenvalue weighted by Gasteiger charge is 2.12. The van der Waals surface area contributed by atoms with Crippen molar-refractivity contribution in [2.45, 2.75) is 6.61 Å². The molecule has 2 N–H and O–H groups in total. The zero-order valence-corrected chi connectivity index (χ0v) is 10.4. The minimum Gasteiger partial charge on any atom is -0.437 e. The van der Waals surface area contributed by atoms with Crippen LogP contribution in [0.1, 0.15) is 5.56 Å². The van der Waals surface area contributed by atoms with Crippen molar-refractivity contribution in [3.05, 3.63) is 41.4 Å². The van der Waals surface area contributed by atoms with Crippen molar-refractivity contribution in [2.75, 3.05) is 0 Å². The average Bonchev–Trinajstić information content (AvgIpc) is 2.87. The molecule has 96 valence electrons. The van der Waals surface area contributed by atoms with Crippen molar-refractivity contribution < 1.29 is 9.84 Å². The monoisotopic (exact) mass is 276 g/mol. The highest BCUT2D eigenvalue weighted by Crippen LogP contribution is 2.28. The molecule has 0 unspecified atom stereocenters. The van der Waals surface area contributed by atoms with Gasteiger partial charge in [-0.25, -0.2) is 4.98 Å². The topological polar surface area (TPSA) is 83.9 Å². The van der Waals surface area contributed by atoms with E-state index in [-0.39, 0.29) is 17.8 Å². The molecule has 7 heteroatoms. The second-order valence-corrected chi connectivity index (χ2v) is 4.10. The molecule has 19 heavy (non-hydrogen) atoms. The van der Waals surface area contributed by atoms with Crippen molar-refractivity contribution in [3.8, 4) is 11.6 Å². The zero-order valence-electron chi connectivity index (χ0n) is 9.67. The molecule has 0 bridgehead atoms. The lowest BCUT2D eigenvalue weighted by Gasteiger charge is -2.08. The minimum absolute atomic E-state index is 0.0519. The van der Waals surface area contributed by atoms with Crippen LogP contribution in [0, 0.1) is 0 Å². The zero-order chi connectivity index (χ0) is 13.2. The number of hydrogen-bond acceptors (Lipinski definition) is 5. The largest absolute Gasteiger partial charge is 0.437 e. The van der Waals surface area contributed by atoms with E-state index >= 15 is 0 Å². The molecule has 0 saturated carbocycles. The first kappa shape index (κ1) is 11.9. The molecule has 2 heterocycles. The van der Waals surface area contributed by atoms with Gasteiger partial charge in [-0.1, -0.05) is 18.2 Å². The smallest absolute Gasteiger partial charge is 0.250 e. The van der Waals surface area contributed by atoms with Crippen LogP contribution < -0.4 is 4.74 Å². The first-order valence-corrected chi connectivity index (χ1v) is 5.89. The summed E-state index contributed by atoms with van der Waals surface area (Å²) in [5.74, 6) is 0.782. The number of nitrogens with one attached hydrogen (secondary N) is 1. The summed E-state index contributed by atoms with van der Waals surface area (Å²) < 4.78 is 5.69. The number of aromatic amines is 1. The number of aromatic nitrogens is 4. The fraction of sp³-hybridized carbons (Fsp3) is 0.0833. The van der Waals surface area contributed by atoms with E-state index < -0.39 is 0 Å². The maximum absolute atomic E-state index is 9.27. The summed E-state index contributed by atoms with van der Waals surface area (Å²) in [5, 5.41) is 9.32. The van der Waals surface area contributed by atoms with E-state index in [0.29, 0.717) is 22.5 Å². The van der Waals surface area contributed by atoms with Gasteiger partial charge in [0.15, 0.2) is 5.65 Å². The molecule has 0 fully saturated rings. The molecular weight excluding hydrogens is 268 g/mol. The van der Waals surface area contributed by atoms with Crippen LogP contribution in [0.15, 0.2) is 30.6 Å². The Morgan fingerprint density at radius 2 is 2.11 bits per heavy atom. The number of rotatable bonds is 3. The molecule has 0 aliphatic carbocycles. The third kappa shape index (κ3) is 2.23. The van der Waals surface area contributed by atoms with Gasteiger partial charge in [-0.15, -0.1) is 0 Å². The Morgan fingerprint density at radius 1 is 1.26 bits per heavy atom. The van der Waals surface area contributed by atoms with Crippen LogP contribution >= 0.6 is 11.6 Å². The summed E-state index contributed by atoms with van der Waals surface area (Å²) in [4.78, 5) is 14.9. The number of ether oxygens (including phenoxy) is 1. The van der Waals surface area contributed by atoms with Gasteiger partial charge in [0.1, 0.15) is 11.3 Å². The van der Waals surface area contributed by atoms with Gasteiger partial charge in [-0.3, -0.25) is 0 Å². The lowest BCUT2D eigenvalue weighted by atomic mass is 10.2. The lowest BCUT2D eigenvalue weighted by molar-refractivity contribution is 0.276. The van der Waals surface area contributed by atoms with Gasteiger partial charge in [0.25, 0.3) is 0 Å². The molecule has 0 amide bonds. The quantitative estimate of drug-likeness (QED) is 0.717. The van der Waals surface area contributed by atoms with Gasteiger partial charge in [-0.2, -0.15) is 9.97 Å². The predicted octanol–water partition coefficient (Wildman–Crippen LogP) is 2.29. The Labute approximate surface area is 113 Å². The Balaban J connectivity index is 2.07.